The van der Waals surface area contributed by atoms with E-state index in [2.05, 4.69) is 19.0 Å². The van der Waals surface area contributed by atoms with Gasteiger partial charge in [-0.2, -0.15) is 0 Å². The van der Waals surface area contributed by atoms with Crippen LogP contribution in [0, 0.1) is 11.8 Å². The molecule has 2 aliphatic rings. The van der Waals surface area contributed by atoms with Gasteiger partial charge in [-0.05, 0) is 31.1 Å². The first-order valence-corrected chi connectivity index (χ1v) is 8.96. The minimum absolute atomic E-state index is 0.00784. The number of carbonyl (C=O) groups is 2. The normalized spacial score (nSPS) is 27.9. The quantitative estimate of drug-likeness (QED) is 0.255. The van der Waals surface area contributed by atoms with Crippen molar-refractivity contribution in [2.24, 2.45) is 11.8 Å². The van der Waals surface area contributed by atoms with Crippen LogP contribution in [-0.2, 0) is 19.2 Å². The van der Waals surface area contributed by atoms with Gasteiger partial charge in [-0.1, -0.05) is 26.3 Å². The van der Waals surface area contributed by atoms with Crippen molar-refractivity contribution < 1.29 is 19.2 Å². The van der Waals surface area contributed by atoms with Gasteiger partial charge in [0.15, 0.2) is 11.6 Å². The molecule has 1 saturated carbocycles. The van der Waals surface area contributed by atoms with E-state index in [1.165, 1.54) is 0 Å². The van der Waals surface area contributed by atoms with Crippen molar-refractivity contribution in [3.05, 3.63) is 23.9 Å². The average Bonchev–Trinajstić information content (AvgIpc) is 2.54. The number of ketones is 2. The fraction of sp³-hybridized carbons (Fsp3) is 0.684. The molecule has 2 atom stereocenters. The zero-order valence-electron chi connectivity index (χ0n) is 14.8. The summed E-state index contributed by atoms with van der Waals surface area (Å²) in [6.07, 6.45) is 5.85. The summed E-state index contributed by atoms with van der Waals surface area (Å²) in [6.45, 7) is 8.84. The molecular weight excluding hydrogens is 306 g/mol. The third-order valence-electron chi connectivity index (χ3n) is 4.75. The van der Waals surface area contributed by atoms with E-state index in [9.17, 15) is 9.59 Å². The maximum atomic E-state index is 12.6. The van der Waals surface area contributed by atoms with Crippen molar-refractivity contribution in [1.82, 2.24) is 5.48 Å². The van der Waals surface area contributed by atoms with Gasteiger partial charge >= 0.3 is 0 Å². The lowest BCUT2D eigenvalue weighted by atomic mass is 9.77. The summed E-state index contributed by atoms with van der Waals surface area (Å²) in [5.41, 5.74) is 3.68. The standard InChI is InChI=1S/C19H29NO4/c1-4-6-15(20-24-8-5-2)19-16(21)11-14(12-17(19)22)18-10-13(3)7-9-23-18/h5,13-14,18,20H,2,4,6-12H2,1,3H3. The Bertz CT molecular complexity index is 491. The molecule has 0 aromatic carbocycles. The summed E-state index contributed by atoms with van der Waals surface area (Å²) in [4.78, 5) is 30.5. The van der Waals surface area contributed by atoms with E-state index >= 15 is 0 Å². The number of allylic oxidation sites excluding steroid dienone is 2. The van der Waals surface area contributed by atoms with Gasteiger partial charge in [0.05, 0.1) is 24.0 Å². The van der Waals surface area contributed by atoms with Gasteiger partial charge in [0, 0.05) is 19.4 Å². The third kappa shape index (κ3) is 4.77. The highest BCUT2D eigenvalue weighted by molar-refractivity contribution is 6.22. The van der Waals surface area contributed by atoms with E-state index in [1.54, 1.807) is 6.08 Å². The Kier molecular flexibility index (Phi) is 7.18. The highest BCUT2D eigenvalue weighted by Crippen LogP contribution is 2.34. The Morgan fingerprint density at radius 1 is 1.38 bits per heavy atom. The largest absolute Gasteiger partial charge is 0.378 e. The smallest absolute Gasteiger partial charge is 0.168 e. The zero-order valence-corrected chi connectivity index (χ0v) is 14.8. The molecule has 134 valence electrons. The molecular formula is C19H29NO4. The Labute approximate surface area is 144 Å². The van der Waals surface area contributed by atoms with Crippen LogP contribution in [0.25, 0.3) is 0 Å². The highest BCUT2D eigenvalue weighted by atomic mass is 16.6. The van der Waals surface area contributed by atoms with Crippen molar-refractivity contribution in [3.63, 3.8) is 0 Å². The minimum atomic E-state index is -0.0868. The van der Waals surface area contributed by atoms with Crippen molar-refractivity contribution in [2.75, 3.05) is 13.2 Å². The van der Waals surface area contributed by atoms with E-state index < -0.39 is 0 Å². The van der Waals surface area contributed by atoms with Gasteiger partial charge in [0.1, 0.15) is 0 Å². The number of Topliss-reactive ketones (excluding diaryl/α,β-unsaturated/α-hetero) is 2. The Morgan fingerprint density at radius 2 is 2.08 bits per heavy atom. The van der Waals surface area contributed by atoms with Crippen LogP contribution in [0.15, 0.2) is 23.9 Å². The molecule has 0 spiro atoms. The molecule has 1 aliphatic carbocycles. The molecule has 1 heterocycles. The van der Waals surface area contributed by atoms with Crippen LogP contribution in [0.4, 0.5) is 0 Å². The molecule has 5 nitrogen and oxygen atoms in total. The molecule has 0 aromatic rings. The van der Waals surface area contributed by atoms with Gasteiger partial charge in [-0.25, -0.2) is 0 Å². The Morgan fingerprint density at radius 3 is 2.67 bits per heavy atom. The van der Waals surface area contributed by atoms with Crippen LogP contribution in [-0.4, -0.2) is 30.9 Å². The van der Waals surface area contributed by atoms with Gasteiger partial charge < -0.3 is 4.74 Å². The number of carbonyl (C=O) groups excluding carboxylic acids is 2. The molecule has 0 radical (unpaired) electrons. The number of hydroxylamine groups is 1. The summed E-state index contributed by atoms with van der Waals surface area (Å²) in [5, 5.41) is 0. The molecule has 0 amide bonds. The van der Waals surface area contributed by atoms with E-state index in [4.69, 9.17) is 9.57 Å². The number of nitrogens with one attached hydrogen (secondary N) is 1. The lowest BCUT2D eigenvalue weighted by Gasteiger charge is -2.35. The monoisotopic (exact) mass is 335 g/mol. The van der Waals surface area contributed by atoms with Crippen molar-refractivity contribution in [3.8, 4) is 0 Å². The van der Waals surface area contributed by atoms with Crippen LogP contribution in [0.1, 0.15) is 52.4 Å². The molecule has 1 aliphatic heterocycles. The number of hydrogen-bond acceptors (Lipinski definition) is 5. The number of hydrogen-bond donors (Lipinski definition) is 1. The van der Waals surface area contributed by atoms with Crippen LogP contribution in [0.2, 0.25) is 0 Å². The second kappa shape index (κ2) is 9.14. The molecule has 1 saturated heterocycles. The fourth-order valence-corrected chi connectivity index (χ4v) is 3.50. The summed E-state index contributed by atoms with van der Waals surface area (Å²) < 4.78 is 5.84. The summed E-state index contributed by atoms with van der Waals surface area (Å²) in [7, 11) is 0. The van der Waals surface area contributed by atoms with Crippen LogP contribution in [0.3, 0.4) is 0 Å². The Hall–Kier alpha value is -1.46. The van der Waals surface area contributed by atoms with Crippen LogP contribution >= 0.6 is 0 Å². The van der Waals surface area contributed by atoms with E-state index in [-0.39, 0.29) is 23.6 Å². The molecule has 0 aromatic heterocycles. The van der Waals surface area contributed by atoms with Crippen molar-refractivity contribution >= 4 is 11.6 Å². The van der Waals surface area contributed by atoms with E-state index in [1.807, 2.05) is 6.92 Å². The van der Waals surface area contributed by atoms with Crippen molar-refractivity contribution in [1.29, 1.82) is 0 Å². The number of rotatable bonds is 7. The van der Waals surface area contributed by atoms with Gasteiger partial charge in [-0.3, -0.25) is 19.9 Å². The molecule has 2 rings (SSSR count). The molecule has 1 N–H and O–H groups in total. The van der Waals surface area contributed by atoms with Gasteiger partial charge in [-0.15, -0.1) is 6.58 Å². The summed E-state index contributed by atoms with van der Waals surface area (Å²) >= 11 is 0. The second-order valence-corrected chi connectivity index (χ2v) is 6.86. The average molecular weight is 335 g/mol. The predicted molar refractivity (Wildman–Crippen MR) is 92.1 cm³/mol. The predicted octanol–water partition coefficient (Wildman–Crippen LogP) is 3.11. The zero-order chi connectivity index (χ0) is 17.5. The maximum Gasteiger partial charge on any atom is 0.168 e. The SMILES string of the molecule is C=CCONC(CCC)=C1C(=O)CC(C2CC(C)CCO2)CC1=O. The first kappa shape index (κ1) is 18.9. The molecule has 0 bridgehead atoms. The molecule has 24 heavy (non-hydrogen) atoms. The lowest BCUT2D eigenvalue weighted by molar-refractivity contribution is -0.130. The minimum Gasteiger partial charge on any atom is -0.378 e. The molecule has 5 heteroatoms. The fourth-order valence-electron chi connectivity index (χ4n) is 3.50. The van der Waals surface area contributed by atoms with Crippen LogP contribution in [0.5, 0.6) is 0 Å². The van der Waals surface area contributed by atoms with Crippen LogP contribution < -0.4 is 5.48 Å². The topological polar surface area (TPSA) is 64.6 Å². The van der Waals surface area contributed by atoms with Gasteiger partial charge in [0.25, 0.3) is 0 Å². The van der Waals surface area contributed by atoms with Crippen molar-refractivity contribution in [2.45, 2.75) is 58.5 Å². The Balaban J connectivity index is 2.10. The second-order valence-electron chi connectivity index (χ2n) is 6.86. The highest BCUT2D eigenvalue weighted by Gasteiger charge is 2.38. The molecule has 2 unspecified atom stereocenters. The van der Waals surface area contributed by atoms with E-state index in [0.29, 0.717) is 43.1 Å². The van der Waals surface area contributed by atoms with Gasteiger partial charge in [0.2, 0.25) is 0 Å². The first-order chi connectivity index (χ1) is 11.6. The lowest BCUT2D eigenvalue weighted by Crippen LogP contribution is -2.39. The third-order valence-corrected chi connectivity index (χ3v) is 4.75. The number of ether oxygens (including phenoxy) is 1. The summed E-state index contributed by atoms with van der Waals surface area (Å²) in [6, 6.07) is 0. The summed E-state index contributed by atoms with van der Waals surface area (Å²) in [5.74, 6) is 0.427. The molecule has 2 fully saturated rings. The first-order valence-electron chi connectivity index (χ1n) is 8.96. The van der Waals surface area contributed by atoms with E-state index in [0.717, 1.165) is 25.9 Å². The maximum absolute atomic E-state index is 12.6.